The van der Waals surface area contributed by atoms with Gasteiger partial charge >= 0.3 is 5.97 Å². The Kier molecular flexibility index (Phi) is 6.39. The van der Waals surface area contributed by atoms with Crippen LogP contribution in [0.4, 0.5) is 0 Å². The number of aryl methyl sites for hydroxylation is 1. The van der Waals surface area contributed by atoms with Crippen LogP contribution in [-0.2, 0) is 4.74 Å². The van der Waals surface area contributed by atoms with Crippen LogP contribution in [0.2, 0.25) is 0 Å². The second-order valence-electron chi connectivity index (χ2n) is 5.98. The summed E-state index contributed by atoms with van der Waals surface area (Å²) < 4.78 is 15.7. The number of hydrogen-bond acceptors (Lipinski definition) is 6. The fourth-order valence-corrected chi connectivity index (χ4v) is 2.91. The van der Waals surface area contributed by atoms with Crippen LogP contribution in [0, 0.1) is 13.8 Å². The summed E-state index contributed by atoms with van der Waals surface area (Å²) in [6.07, 6.45) is 0. The summed E-state index contributed by atoms with van der Waals surface area (Å²) in [5, 5.41) is 0. The largest absolute Gasteiger partial charge is 0.493 e. The van der Waals surface area contributed by atoms with E-state index in [4.69, 9.17) is 14.2 Å². The number of carbonyl (C=O) groups excluding carboxylic acids is 3. The molecule has 0 aliphatic heterocycles. The number of ketones is 2. The number of rotatable bonds is 8. The maximum atomic E-state index is 12.4. The van der Waals surface area contributed by atoms with Crippen molar-refractivity contribution in [1.82, 2.24) is 4.98 Å². The molecule has 0 saturated heterocycles. The van der Waals surface area contributed by atoms with Crippen molar-refractivity contribution in [2.24, 2.45) is 0 Å². The molecule has 7 nitrogen and oxygen atoms in total. The summed E-state index contributed by atoms with van der Waals surface area (Å²) in [6.45, 7) is 6.72. The fourth-order valence-electron chi connectivity index (χ4n) is 2.91. The molecule has 0 spiro atoms. The third-order valence-corrected chi connectivity index (χ3v) is 4.10. The number of carbonyl (C=O) groups is 3. The number of nitrogens with one attached hydrogen (secondary N) is 1. The number of esters is 1. The van der Waals surface area contributed by atoms with Gasteiger partial charge in [0.15, 0.2) is 23.9 Å². The first-order valence-electron chi connectivity index (χ1n) is 8.51. The molecule has 0 unspecified atom stereocenters. The zero-order chi connectivity index (χ0) is 20.1. The van der Waals surface area contributed by atoms with Gasteiger partial charge in [0.05, 0.1) is 25.0 Å². The highest BCUT2D eigenvalue weighted by molar-refractivity contribution is 6.04. The Morgan fingerprint density at radius 2 is 1.81 bits per heavy atom. The molecule has 1 aromatic carbocycles. The fraction of sp³-hybridized carbons (Fsp3) is 0.350. The maximum Gasteiger partial charge on any atom is 0.338 e. The number of hydrogen-bond donors (Lipinski definition) is 1. The summed E-state index contributed by atoms with van der Waals surface area (Å²) >= 11 is 0. The molecule has 27 heavy (non-hydrogen) atoms. The van der Waals surface area contributed by atoms with E-state index in [0.717, 1.165) is 0 Å². The van der Waals surface area contributed by atoms with Crippen LogP contribution < -0.4 is 9.47 Å². The van der Waals surface area contributed by atoms with Gasteiger partial charge in [-0.25, -0.2) is 4.79 Å². The molecule has 1 heterocycles. The van der Waals surface area contributed by atoms with Gasteiger partial charge in [-0.1, -0.05) is 0 Å². The monoisotopic (exact) mass is 373 g/mol. The van der Waals surface area contributed by atoms with Crippen LogP contribution in [0.1, 0.15) is 56.3 Å². The van der Waals surface area contributed by atoms with Crippen LogP contribution in [0.25, 0.3) is 0 Å². The predicted octanol–water partition coefficient (Wildman–Crippen LogP) is 3.28. The molecule has 2 aromatic rings. The van der Waals surface area contributed by atoms with Gasteiger partial charge < -0.3 is 19.2 Å². The minimum Gasteiger partial charge on any atom is -0.493 e. The molecule has 0 saturated carbocycles. The van der Waals surface area contributed by atoms with Gasteiger partial charge in [0.1, 0.15) is 0 Å². The van der Waals surface area contributed by atoms with Gasteiger partial charge in [-0.15, -0.1) is 0 Å². The maximum absolute atomic E-state index is 12.4. The quantitative estimate of drug-likeness (QED) is 0.564. The van der Waals surface area contributed by atoms with Gasteiger partial charge in [-0.05, 0) is 51.5 Å². The number of benzene rings is 1. The molecule has 1 N–H and O–H groups in total. The van der Waals surface area contributed by atoms with E-state index in [1.807, 2.05) is 6.92 Å². The van der Waals surface area contributed by atoms with E-state index in [-0.39, 0.29) is 17.0 Å². The average Bonchev–Trinajstić information content (AvgIpc) is 2.94. The van der Waals surface area contributed by atoms with Crippen molar-refractivity contribution < 1.29 is 28.6 Å². The number of aromatic nitrogens is 1. The molecule has 0 aliphatic carbocycles. The third kappa shape index (κ3) is 4.36. The normalized spacial score (nSPS) is 10.4. The summed E-state index contributed by atoms with van der Waals surface area (Å²) in [5.74, 6) is -0.271. The predicted molar refractivity (Wildman–Crippen MR) is 99.0 cm³/mol. The molecule has 0 atom stereocenters. The van der Waals surface area contributed by atoms with Crippen molar-refractivity contribution in [3.8, 4) is 11.5 Å². The topological polar surface area (TPSA) is 94.7 Å². The van der Waals surface area contributed by atoms with Gasteiger partial charge in [0.25, 0.3) is 0 Å². The molecule has 7 heteroatoms. The molecule has 0 fully saturated rings. The first-order valence-corrected chi connectivity index (χ1v) is 8.51. The first-order chi connectivity index (χ1) is 12.8. The number of ether oxygens (including phenoxy) is 3. The van der Waals surface area contributed by atoms with Crippen molar-refractivity contribution in [3.63, 3.8) is 0 Å². The van der Waals surface area contributed by atoms with E-state index in [1.165, 1.54) is 26.2 Å². The molecule has 0 bridgehead atoms. The van der Waals surface area contributed by atoms with Crippen molar-refractivity contribution >= 4 is 17.5 Å². The Balaban J connectivity index is 2.10. The summed E-state index contributed by atoms with van der Waals surface area (Å²) in [7, 11) is 1.47. The lowest BCUT2D eigenvalue weighted by Crippen LogP contribution is -2.15. The molecule has 0 aliphatic rings. The summed E-state index contributed by atoms with van der Waals surface area (Å²) in [4.78, 5) is 39.2. The lowest BCUT2D eigenvalue weighted by molar-refractivity contribution is 0.0473. The standard InChI is InChI=1S/C20H23NO6/c1-6-26-16-8-7-14(9-17(16)25-5)20(24)27-10-15(23)19-11(2)18(13(4)22)12(3)21-19/h7-9,21H,6,10H2,1-5H3. The highest BCUT2D eigenvalue weighted by Crippen LogP contribution is 2.28. The van der Waals surface area contributed by atoms with Crippen LogP contribution in [-0.4, -0.2) is 42.8 Å². The van der Waals surface area contributed by atoms with Crippen LogP contribution >= 0.6 is 0 Å². The zero-order valence-electron chi connectivity index (χ0n) is 16.1. The molecule has 0 radical (unpaired) electrons. The Labute approximate surface area is 157 Å². The van der Waals surface area contributed by atoms with E-state index in [2.05, 4.69) is 4.98 Å². The van der Waals surface area contributed by atoms with Crippen LogP contribution in [0.3, 0.4) is 0 Å². The highest BCUT2D eigenvalue weighted by atomic mass is 16.5. The van der Waals surface area contributed by atoms with E-state index in [1.54, 1.807) is 19.9 Å². The van der Waals surface area contributed by atoms with Gasteiger partial charge in [-0.3, -0.25) is 9.59 Å². The first kappa shape index (κ1) is 20.2. The lowest BCUT2D eigenvalue weighted by Gasteiger charge is -2.10. The number of aromatic amines is 1. The average molecular weight is 373 g/mol. The van der Waals surface area contributed by atoms with E-state index in [0.29, 0.717) is 34.9 Å². The number of methoxy groups -OCH3 is 1. The minimum atomic E-state index is -0.655. The molecular formula is C20H23NO6. The van der Waals surface area contributed by atoms with Gasteiger partial charge in [0.2, 0.25) is 5.78 Å². The van der Waals surface area contributed by atoms with E-state index in [9.17, 15) is 14.4 Å². The van der Waals surface area contributed by atoms with Gasteiger partial charge in [-0.2, -0.15) is 0 Å². The smallest absolute Gasteiger partial charge is 0.338 e. The molecule has 2 rings (SSSR count). The summed E-state index contributed by atoms with van der Waals surface area (Å²) in [5.41, 5.74) is 2.18. The molecule has 144 valence electrons. The molecule has 1 aromatic heterocycles. The molecular weight excluding hydrogens is 350 g/mol. The highest BCUT2D eigenvalue weighted by Gasteiger charge is 2.21. The second-order valence-corrected chi connectivity index (χ2v) is 5.98. The van der Waals surface area contributed by atoms with Crippen molar-refractivity contribution in [3.05, 3.63) is 46.3 Å². The Hall–Kier alpha value is -3.09. The number of H-pyrrole nitrogens is 1. The van der Waals surface area contributed by atoms with E-state index < -0.39 is 18.4 Å². The van der Waals surface area contributed by atoms with E-state index >= 15 is 0 Å². The third-order valence-electron chi connectivity index (χ3n) is 4.10. The lowest BCUT2D eigenvalue weighted by atomic mass is 10.1. The van der Waals surface area contributed by atoms with Crippen molar-refractivity contribution in [2.45, 2.75) is 27.7 Å². The summed E-state index contributed by atoms with van der Waals surface area (Å²) in [6, 6.07) is 4.65. The van der Waals surface area contributed by atoms with Crippen LogP contribution in [0.15, 0.2) is 18.2 Å². The Morgan fingerprint density at radius 3 is 2.37 bits per heavy atom. The Morgan fingerprint density at radius 1 is 1.11 bits per heavy atom. The second kappa shape index (κ2) is 8.53. The Bertz CT molecular complexity index is 881. The van der Waals surface area contributed by atoms with Crippen LogP contribution in [0.5, 0.6) is 11.5 Å². The van der Waals surface area contributed by atoms with Crippen molar-refractivity contribution in [2.75, 3.05) is 20.3 Å². The SMILES string of the molecule is CCOc1ccc(C(=O)OCC(=O)c2[nH]c(C)c(C(C)=O)c2C)cc1OC. The minimum absolute atomic E-state index is 0.126. The van der Waals surface area contributed by atoms with Gasteiger partial charge in [0, 0.05) is 11.3 Å². The number of Topliss-reactive ketones (excluding diaryl/α,β-unsaturated/α-hetero) is 2. The zero-order valence-corrected chi connectivity index (χ0v) is 16.1. The molecule has 0 amide bonds. The van der Waals surface area contributed by atoms with Crippen molar-refractivity contribution in [1.29, 1.82) is 0 Å².